The van der Waals surface area contributed by atoms with Gasteiger partial charge < -0.3 is 4.98 Å². The first-order chi connectivity index (χ1) is 22.9. The quantitative estimate of drug-likeness (QED) is 0.214. The van der Waals surface area contributed by atoms with Crippen LogP contribution in [0.5, 0.6) is 0 Å². The molecule has 47 heavy (non-hydrogen) atoms. The summed E-state index contributed by atoms with van der Waals surface area (Å²) >= 11 is 0. The number of nitrogens with zero attached hydrogens (tertiary/aromatic N) is 2. The molecular weight excluding hydrogens is 571 g/mol. The first-order valence-corrected chi connectivity index (χ1v) is 16.2. The van der Waals surface area contributed by atoms with E-state index in [9.17, 15) is 0 Å². The van der Waals surface area contributed by atoms with Gasteiger partial charge in [0.15, 0.2) is 0 Å². The van der Waals surface area contributed by atoms with Crippen molar-refractivity contribution in [2.24, 2.45) is 0 Å². The van der Waals surface area contributed by atoms with Crippen LogP contribution in [0.1, 0.15) is 26.3 Å². The van der Waals surface area contributed by atoms with Crippen LogP contribution in [0.3, 0.4) is 0 Å². The van der Waals surface area contributed by atoms with Crippen molar-refractivity contribution in [3.8, 4) is 67.3 Å². The van der Waals surface area contributed by atoms with Crippen molar-refractivity contribution in [3.63, 3.8) is 0 Å². The minimum Gasteiger partial charge on any atom is -0.353 e. The van der Waals surface area contributed by atoms with Crippen LogP contribution in [0.4, 0.5) is 0 Å². The molecule has 1 N–H and O–H groups in total. The van der Waals surface area contributed by atoms with Crippen molar-refractivity contribution in [2.75, 3.05) is 0 Å². The van der Waals surface area contributed by atoms with Crippen molar-refractivity contribution in [2.45, 2.75) is 26.2 Å². The number of aromatic nitrogens is 3. The summed E-state index contributed by atoms with van der Waals surface area (Å²) in [6, 6.07) is 50.1. The van der Waals surface area contributed by atoms with Gasteiger partial charge in [-0.3, -0.25) is 0 Å². The molecule has 5 aromatic carbocycles. The third-order valence-electron chi connectivity index (χ3n) is 9.48. The summed E-state index contributed by atoms with van der Waals surface area (Å²) in [6.45, 7) is 6.82. The Morgan fingerprint density at radius 3 is 1.40 bits per heavy atom. The zero-order chi connectivity index (χ0) is 31.7. The van der Waals surface area contributed by atoms with E-state index in [2.05, 4.69) is 165 Å². The van der Waals surface area contributed by atoms with E-state index in [1.807, 2.05) is 0 Å². The lowest BCUT2D eigenvalue weighted by molar-refractivity contribution is 0.590. The van der Waals surface area contributed by atoms with Gasteiger partial charge >= 0.3 is 0 Å². The highest BCUT2D eigenvalue weighted by Crippen LogP contribution is 2.41. The van der Waals surface area contributed by atoms with Gasteiger partial charge in [-0.25, -0.2) is 9.97 Å². The van der Waals surface area contributed by atoms with Gasteiger partial charge in [0.1, 0.15) is 0 Å². The Balaban J connectivity index is 1.46. The second kappa shape index (κ2) is 10.4. The molecule has 1 aliphatic heterocycles. The number of pyridine rings is 2. The largest absolute Gasteiger partial charge is 0.353 e. The minimum atomic E-state index is -0.0697. The summed E-state index contributed by atoms with van der Waals surface area (Å²) in [6.07, 6.45) is 0. The Kier molecular flexibility index (Phi) is 6.07. The van der Waals surface area contributed by atoms with E-state index >= 15 is 0 Å². The third-order valence-corrected chi connectivity index (χ3v) is 9.48. The minimum absolute atomic E-state index is 0.0697. The number of hydrogen-bond donors (Lipinski definition) is 1. The number of para-hydroxylation sites is 2. The molecule has 8 aromatic rings. The molecule has 0 spiro atoms. The second-order valence-corrected chi connectivity index (χ2v) is 13.6. The van der Waals surface area contributed by atoms with E-state index < -0.39 is 0 Å². The standard InChI is InChI=1S/C44H33N3/c1-44(2,3)33-25-39-32-21-29(27-12-6-4-7-13-27)20-31(22-32)38-23-30(28-14-8-5-9-15-28)24-40(45-38)36-18-10-16-34-35-17-11-19-37(41(26-33)46-39)43(35)47-42(34)36/h4-26,47H,1-3H3. The molecule has 0 radical (unpaired) electrons. The summed E-state index contributed by atoms with van der Waals surface area (Å²) in [4.78, 5) is 14.7. The molecule has 0 saturated carbocycles. The van der Waals surface area contributed by atoms with Gasteiger partial charge in [0, 0.05) is 33.0 Å². The predicted molar refractivity (Wildman–Crippen MR) is 196 cm³/mol. The molecule has 0 saturated heterocycles. The summed E-state index contributed by atoms with van der Waals surface area (Å²) < 4.78 is 0. The van der Waals surface area contributed by atoms with E-state index in [4.69, 9.17) is 9.97 Å². The van der Waals surface area contributed by atoms with Gasteiger partial charge in [-0.15, -0.1) is 0 Å². The monoisotopic (exact) mass is 603 g/mol. The van der Waals surface area contributed by atoms with Crippen molar-refractivity contribution in [1.29, 1.82) is 0 Å². The van der Waals surface area contributed by atoms with Crippen LogP contribution in [0.15, 0.2) is 140 Å². The van der Waals surface area contributed by atoms with E-state index in [0.717, 1.165) is 78.3 Å². The Hall–Kier alpha value is -5.80. The molecule has 0 unspecified atom stereocenters. The lowest BCUT2D eigenvalue weighted by atomic mass is 9.85. The van der Waals surface area contributed by atoms with Crippen LogP contribution < -0.4 is 0 Å². The van der Waals surface area contributed by atoms with Crippen molar-refractivity contribution in [1.82, 2.24) is 15.0 Å². The van der Waals surface area contributed by atoms with E-state index in [1.165, 1.54) is 16.3 Å². The number of H-pyrrole nitrogens is 1. The number of hydrogen-bond acceptors (Lipinski definition) is 2. The van der Waals surface area contributed by atoms with Crippen LogP contribution in [-0.4, -0.2) is 15.0 Å². The third kappa shape index (κ3) is 4.66. The maximum atomic E-state index is 5.42. The fourth-order valence-electron chi connectivity index (χ4n) is 6.96. The Morgan fingerprint density at radius 2 is 0.851 bits per heavy atom. The highest BCUT2D eigenvalue weighted by Gasteiger charge is 2.22. The molecule has 3 heteroatoms. The fraction of sp³-hybridized carbons (Fsp3) is 0.0909. The predicted octanol–water partition coefficient (Wildman–Crippen LogP) is 11.7. The molecular formula is C44H33N3. The van der Waals surface area contributed by atoms with Crippen molar-refractivity contribution >= 4 is 21.8 Å². The highest BCUT2D eigenvalue weighted by atomic mass is 14.8. The smallest absolute Gasteiger partial charge is 0.0736 e. The van der Waals surface area contributed by atoms with Gasteiger partial charge in [0.2, 0.25) is 0 Å². The van der Waals surface area contributed by atoms with Crippen molar-refractivity contribution < 1.29 is 0 Å². The number of nitrogens with one attached hydrogen (secondary N) is 1. The molecule has 9 rings (SSSR count). The van der Waals surface area contributed by atoms with Crippen molar-refractivity contribution in [3.05, 3.63) is 145 Å². The molecule has 0 fully saturated rings. The topological polar surface area (TPSA) is 41.6 Å². The first-order valence-electron chi connectivity index (χ1n) is 16.2. The number of benzene rings is 5. The van der Waals surface area contributed by atoms with Crippen LogP contribution in [0.25, 0.3) is 89.1 Å². The van der Waals surface area contributed by atoms with Gasteiger partial charge in [-0.2, -0.15) is 0 Å². The Bertz CT molecular complexity index is 2480. The molecule has 0 amide bonds. The summed E-state index contributed by atoms with van der Waals surface area (Å²) in [5.41, 5.74) is 16.1. The van der Waals surface area contributed by atoms with E-state index in [0.29, 0.717) is 0 Å². The maximum absolute atomic E-state index is 5.42. The van der Waals surface area contributed by atoms with Crippen LogP contribution in [0, 0.1) is 0 Å². The van der Waals surface area contributed by atoms with Gasteiger partial charge in [0.25, 0.3) is 0 Å². The average Bonchev–Trinajstić information content (AvgIpc) is 3.50. The molecule has 224 valence electrons. The van der Waals surface area contributed by atoms with Crippen LogP contribution >= 0.6 is 0 Å². The van der Waals surface area contributed by atoms with E-state index in [1.54, 1.807) is 0 Å². The van der Waals surface area contributed by atoms with E-state index in [-0.39, 0.29) is 5.41 Å². The Labute approximate surface area is 274 Å². The Morgan fingerprint density at radius 1 is 0.404 bits per heavy atom. The number of rotatable bonds is 2. The number of fused-ring (bicyclic) bond motifs is 11. The maximum Gasteiger partial charge on any atom is 0.0736 e. The highest BCUT2D eigenvalue weighted by molar-refractivity contribution is 6.15. The van der Waals surface area contributed by atoms with Crippen LogP contribution in [-0.2, 0) is 5.41 Å². The number of aromatic amines is 1. The lowest BCUT2D eigenvalue weighted by Gasteiger charge is -2.22. The van der Waals surface area contributed by atoms with Gasteiger partial charge in [-0.05, 0) is 75.7 Å². The molecule has 3 aromatic heterocycles. The zero-order valence-corrected chi connectivity index (χ0v) is 26.7. The summed E-state index contributed by atoms with van der Waals surface area (Å²) in [5, 5.41) is 2.37. The molecule has 0 aliphatic carbocycles. The second-order valence-electron chi connectivity index (χ2n) is 13.6. The fourth-order valence-corrected chi connectivity index (χ4v) is 6.96. The van der Waals surface area contributed by atoms with Gasteiger partial charge in [-0.1, -0.05) is 118 Å². The zero-order valence-electron chi connectivity index (χ0n) is 26.7. The SMILES string of the molecule is CC(C)(C)c1cc2nc(c1)-c1cccc3c1[nH]c1c(cccc13)-c1cc(-c3ccccc3)cc(n1)-c1cc(-c3ccccc3)cc-2c1. The van der Waals surface area contributed by atoms with Crippen LogP contribution in [0.2, 0.25) is 0 Å². The summed E-state index contributed by atoms with van der Waals surface area (Å²) in [7, 11) is 0. The lowest BCUT2D eigenvalue weighted by Crippen LogP contribution is -2.12. The molecule has 8 bridgehead atoms. The average molecular weight is 604 g/mol. The van der Waals surface area contributed by atoms with Gasteiger partial charge in [0.05, 0.1) is 33.8 Å². The molecule has 3 nitrogen and oxygen atoms in total. The molecule has 0 atom stereocenters. The molecule has 1 aliphatic rings. The summed E-state index contributed by atoms with van der Waals surface area (Å²) in [5.74, 6) is 0. The molecule has 4 heterocycles. The first kappa shape index (κ1) is 27.5. The normalized spacial score (nSPS) is 12.1.